The van der Waals surface area contributed by atoms with Crippen LogP contribution in [0, 0.1) is 0 Å². The molecule has 0 unspecified atom stereocenters. The van der Waals surface area contributed by atoms with E-state index in [4.69, 9.17) is 10.5 Å². The van der Waals surface area contributed by atoms with Crippen molar-refractivity contribution in [3.8, 4) is 0 Å². The molecule has 9 nitrogen and oxygen atoms in total. The van der Waals surface area contributed by atoms with Crippen molar-refractivity contribution in [3.05, 3.63) is 29.8 Å². The first-order chi connectivity index (χ1) is 16.9. The van der Waals surface area contributed by atoms with Crippen LogP contribution in [0.25, 0.3) is 0 Å². The van der Waals surface area contributed by atoms with Gasteiger partial charge in [-0.15, -0.1) is 0 Å². The van der Waals surface area contributed by atoms with E-state index in [1.165, 1.54) is 5.56 Å². The van der Waals surface area contributed by atoms with Crippen LogP contribution in [-0.4, -0.2) is 115 Å². The number of Topliss-reactive ketones (excluding diaryl/α,β-unsaturated/α-hetero) is 2. The number of carbonyl (C=O) groups excluding carboxylic acids is 3. The van der Waals surface area contributed by atoms with E-state index in [0.717, 1.165) is 31.9 Å². The molecule has 1 aliphatic rings. The maximum Gasteiger partial charge on any atom is 0.320 e. The van der Waals surface area contributed by atoms with Crippen LogP contribution in [0.5, 0.6) is 0 Å². The van der Waals surface area contributed by atoms with Gasteiger partial charge >= 0.3 is 5.97 Å². The number of nitrogen functional groups attached to an aromatic ring is 1. The number of hydrogen-bond acceptors (Lipinski definition) is 9. The van der Waals surface area contributed by atoms with E-state index in [9.17, 15) is 14.4 Å². The van der Waals surface area contributed by atoms with Gasteiger partial charge in [-0.1, -0.05) is 12.1 Å². The van der Waals surface area contributed by atoms with Crippen molar-refractivity contribution in [2.75, 3.05) is 77.7 Å². The number of rotatable bonds is 8. The lowest BCUT2D eigenvalue weighted by Crippen LogP contribution is -2.48. The highest BCUT2D eigenvalue weighted by Crippen LogP contribution is 2.11. The fourth-order valence-corrected chi connectivity index (χ4v) is 4.28. The summed E-state index contributed by atoms with van der Waals surface area (Å²) in [4.78, 5) is 45.2. The Labute approximate surface area is 216 Å². The molecule has 1 fully saturated rings. The van der Waals surface area contributed by atoms with E-state index in [1.54, 1.807) is 13.8 Å². The fraction of sp³-hybridized carbons (Fsp3) is 0.667. The van der Waals surface area contributed by atoms with Crippen molar-refractivity contribution in [2.45, 2.75) is 46.8 Å². The first kappa shape index (κ1) is 29.9. The molecule has 36 heavy (non-hydrogen) atoms. The third-order valence-corrected chi connectivity index (χ3v) is 5.98. The molecule has 1 heterocycles. The molecular formula is C27H45N5O4. The standard InChI is InChI=1S/C27H45N5O4/c1-22(33)18-29-10-11-30(19-23(2)34)13-16-32(21-26(35)36-27(3,4)5)17-15-31(14-12-29)20-24-6-8-25(28)9-7-24/h6-9H,10-21,28H2,1-5H3. The van der Waals surface area contributed by atoms with Gasteiger partial charge in [0.05, 0.1) is 19.6 Å². The minimum absolute atomic E-state index is 0.105. The summed E-state index contributed by atoms with van der Waals surface area (Å²) in [5.74, 6) is -0.00663. The molecule has 0 bridgehead atoms. The Kier molecular flexibility index (Phi) is 12.0. The highest BCUT2D eigenvalue weighted by Gasteiger charge is 2.22. The van der Waals surface area contributed by atoms with Crippen molar-refractivity contribution in [3.63, 3.8) is 0 Å². The highest BCUT2D eigenvalue weighted by molar-refractivity contribution is 5.78. The van der Waals surface area contributed by atoms with Gasteiger partial charge in [0.1, 0.15) is 17.2 Å². The van der Waals surface area contributed by atoms with Gasteiger partial charge in [-0.3, -0.25) is 34.0 Å². The van der Waals surface area contributed by atoms with E-state index < -0.39 is 5.60 Å². The molecule has 1 saturated heterocycles. The lowest BCUT2D eigenvalue weighted by atomic mass is 10.2. The summed E-state index contributed by atoms with van der Waals surface area (Å²) in [6.45, 7) is 16.2. The van der Waals surface area contributed by atoms with Crippen molar-refractivity contribution in [1.82, 2.24) is 19.6 Å². The second kappa shape index (κ2) is 14.4. The molecule has 0 spiro atoms. The van der Waals surface area contributed by atoms with Crippen LogP contribution in [0.3, 0.4) is 0 Å². The van der Waals surface area contributed by atoms with Crippen molar-refractivity contribution >= 4 is 23.2 Å². The van der Waals surface area contributed by atoms with Crippen LogP contribution in [-0.2, 0) is 25.7 Å². The quantitative estimate of drug-likeness (QED) is 0.418. The predicted octanol–water partition coefficient (Wildman–Crippen LogP) is 1.51. The van der Waals surface area contributed by atoms with Crippen LogP contribution in [0.1, 0.15) is 40.2 Å². The summed E-state index contributed by atoms with van der Waals surface area (Å²) in [5, 5.41) is 0. The summed E-state index contributed by atoms with van der Waals surface area (Å²) in [7, 11) is 0. The molecule has 0 saturated carbocycles. The second-order valence-corrected chi connectivity index (χ2v) is 10.8. The van der Waals surface area contributed by atoms with Gasteiger partial charge in [0.15, 0.2) is 0 Å². The van der Waals surface area contributed by atoms with Crippen LogP contribution < -0.4 is 5.73 Å². The molecule has 0 aliphatic carbocycles. The normalized spacial score (nSPS) is 18.2. The Morgan fingerprint density at radius 2 is 1.11 bits per heavy atom. The topological polar surface area (TPSA) is 99.4 Å². The van der Waals surface area contributed by atoms with E-state index in [1.807, 2.05) is 45.0 Å². The zero-order valence-electron chi connectivity index (χ0n) is 22.8. The van der Waals surface area contributed by atoms with Gasteiger partial charge in [-0.05, 0) is 52.3 Å². The monoisotopic (exact) mass is 503 g/mol. The first-order valence-electron chi connectivity index (χ1n) is 12.8. The number of nitrogens with zero attached hydrogens (tertiary/aromatic N) is 4. The molecule has 0 aromatic heterocycles. The summed E-state index contributed by atoms with van der Waals surface area (Å²) in [5.41, 5.74) is 7.23. The number of carbonyl (C=O) groups is 3. The molecule has 0 amide bonds. The lowest BCUT2D eigenvalue weighted by molar-refractivity contribution is -0.156. The Bertz CT molecular complexity index is 853. The Hall–Kier alpha value is -2.33. The second-order valence-electron chi connectivity index (χ2n) is 10.8. The molecule has 202 valence electrons. The van der Waals surface area contributed by atoms with E-state index in [0.29, 0.717) is 45.8 Å². The summed E-state index contributed by atoms with van der Waals surface area (Å²) in [6, 6.07) is 7.90. The number of hydrogen-bond donors (Lipinski definition) is 1. The molecule has 0 atom stereocenters. The van der Waals surface area contributed by atoms with Crippen LogP contribution >= 0.6 is 0 Å². The molecule has 9 heteroatoms. The van der Waals surface area contributed by atoms with Crippen LogP contribution in [0.15, 0.2) is 24.3 Å². The number of esters is 1. The average Bonchev–Trinajstić information content (AvgIpc) is 2.75. The molecule has 0 radical (unpaired) electrons. The predicted molar refractivity (Wildman–Crippen MR) is 143 cm³/mol. The number of anilines is 1. The molecular weight excluding hydrogens is 458 g/mol. The third-order valence-electron chi connectivity index (χ3n) is 5.98. The van der Waals surface area contributed by atoms with Crippen LogP contribution in [0.2, 0.25) is 0 Å². The Balaban J connectivity index is 2.19. The number of ether oxygens (including phenoxy) is 1. The van der Waals surface area contributed by atoms with Gasteiger partial charge in [0.25, 0.3) is 0 Å². The first-order valence-corrected chi connectivity index (χ1v) is 12.8. The van der Waals surface area contributed by atoms with Crippen molar-refractivity contribution < 1.29 is 19.1 Å². The lowest BCUT2D eigenvalue weighted by Gasteiger charge is -2.34. The molecule has 2 N–H and O–H groups in total. The molecule has 1 aromatic rings. The number of nitrogens with two attached hydrogens (primary N) is 1. The minimum atomic E-state index is -0.536. The number of benzene rings is 1. The highest BCUT2D eigenvalue weighted by atomic mass is 16.6. The van der Waals surface area contributed by atoms with Crippen molar-refractivity contribution in [1.29, 1.82) is 0 Å². The van der Waals surface area contributed by atoms with E-state index in [2.05, 4.69) is 19.6 Å². The van der Waals surface area contributed by atoms with Gasteiger partial charge in [-0.25, -0.2) is 0 Å². The SMILES string of the molecule is CC(=O)CN1CCN(CC(C)=O)CCN(Cc2ccc(N)cc2)CCN(CC(=O)OC(C)(C)C)CC1. The third kappa shape index (κ3) is 12.6. The Morgan fingerprint density at radius 3 is 1.50 bits per heavy atom. The maximum absolute atomic E-state index is 12.6. The average molecular weight is 504 g/mol. The number of ketones is 2. The van der Waals surface area contributed by atoms with E-state index in [-0.39, 0.29) is 24.1 Å². The van der Waals surface area contributed by atoms with Gasteiger partial charge in [0.2, 0.25) is 0 Å². The van der Waals surface area contributed by atoms with Crippen molar-refractivity contribution in [2.24, 2.45) is 0 Å². The van der Waals surface area contributed by atoms with E-state index >= 15 is 0 Å². The summed E-state index contributed by atoms with van der Waals surface area (Å²) in [6.07, 6.45) is 0. The molecule has 1 aromatic carbocycles. The van der Waals surface area contributed by atoms with Gasteiger partial charge in [0, 0.05) is 64.6 Å². The summed E-state index contributed by atoms with van der Waals surface area (Å²) >= 11 is 0. The Morgan fingerprint density at radius 1 is 0.722 bits per heavy atom. The molecule has 1 aliphatic heterocycles. The van der Waals surface area contributed by atoms with Crippen LogP contribution in [0.4, 0.5) is 5.69 Å². The zero-order valence-corrected chi connectivity index (χ0v) is 22.8. The minimum Gasteiger partial charge on any atom is -0.459 e. The maximum atomic E-state index is 12.6. The van der Waals surface area contributed by atoms with Gasteiger partial charge < -0.3 is 10.5 Å². The molecule has 2 rings (SSSR count). The fourth-order valence-electron chi connectivity index (χ4n) is 4.28. The zero-order chi connectivity index (χ0) is 26.7. The summed E-state index contributed by atoms with van der Waals surface area (Å²) < 4.78 is 5.58. The smallest absolute Gasteiger partial charge is 0.320 e. The largest absolute Gasteiger partial charge is 0.459 e. The van der Waals surface area contributed by atoms with Gasteiger partial charge in [-0.2, -0.15) is 0 Å².